The average Bonchev–Trinajstić information content (AvgIpc) is 3.04. The Kier molecular flexibility index (Phi) is 24.8. The van der Waals surface area contributed by atoms with Crippen molar-refractivity contribution in [2.75, 3.05) is 118 Å². The van der Waals surface area contributed by atoms with E-state index in [1.807, 2.05) is 14.7 Å². The molecule has 1 fully saturated rings. The maximum atomic E-state index is 13.7. The van der Waals surface area contributed by atoms with Gasteiger partial charge < -0.3 is 24.8 Å². The fraction of sp³-hybridized carbons (Fsp3) is 0.816. The van der Waals surface area contributed by atoms with E-state index in [2.05, 4.69) is 15.5 Å². The molecule has 0 aromatic carbocycles. The molecule has 1 aliphatic rings. The summed E-state index contributed by atoms with van der Waals surface area (Å²) in [6, 6.07) is 0. The zero-order valence-electron chi connectivity index (χ0n) is 34.0. The lowest BCUT2D eigenvalue weighted by Crippen LogP contribution is -2.49. The average molecular weight is 769 g/mol. The molecule has 2 N–H and O–H groups in total. The number of nitrogens with one attached hydrogen (secondary N) is 2. The van der Waals surface area contributed by atoms with Gasteiger partial charge in [-0.2, -0.15) is 0 Å². The Bertz CT molecular complexity index is 1160. The van der Waals surface area contributed by atoms with E-state index in [-0.39, 0.29) is 93.9 Å². The molecule has 0 saturated carbocycles. The summed E-state index contributed by atoms with van der Waals surface area (Å²) in [6.07, 6.45) is 1.13. The van der Waals surface area contributed by atoms with Gasteiger partial charge in [0.25, 0.3) is 0 Å². The molecule has 0 unspecified atom stereocenters. The van der Waals surface area contributed by atoms with Crippen LogP contribution in [0.15, 0.2) is 0 Å². The molecular formula is C38H68N6O10. The van der Waals surface area contributed by atoms with Crippen molar-refractivity contribution < 1.29 is 47.8 Å². The van der Waals surface area contributed by atoms with Crippen molar-refractivity contribution in [2.45, 2.75) is 79.8 Å². The Labute approximate surface area is 322 Å². The second-order valence-corrected chi connectivity index (χ2v) is 15.2. The first-order valence-electron chi connectivity index (χ1n) is 19.2. The van der Waals surface area contributed by atoms with Crippen molar-refractivity contribution in [2.24, 2.45) is 5.92 Å². The van der Waals surface area contributed by atoms with E-state index in [0.717, 1.165) is 0 Å². The van der Waals surface area contributed by atoms with Gasteiger partial charge in [0.05, 0.1) is 46.0 Å². The minimum absolute atomic E-state index is 0.0226. The molecule has 310 valence electrons. The first kappa shape index (κ1) is 48.9. The third kappa shape index (κ3) is 26.6. The number of Topliss-reactive ketones (excluding diaryl/α,β-unsaturated/α-hetero) is 5. The molecule has 16 heteroatoms. The van der Waals surface area contributed by atoms with Crippen molar-refractivity contribution in [1.82, 2.24) is 30.2 Å². The Morgan fingerprint density at radius 1 is 0.574 bits per heavy atom. The maximum Gasteiger partial charge on any atom is 0.407 e. The van der Waals surface area contributed by atoms with Gasteiger partial charge in [-0.25, -0.2) is 4.79 Å². The highest BCUT2D eigenvalue weighted by molar-refractivity contribution is 5.87. The minimum Gasteiger partial charge on any atom is -0.444 e. The van der Waals surface area contributed by atoms with Crippen LogP contribution in [0.5, 0.6) is 0 Å². The van der Waals surface area contributed by atoms with Crippen molar-refractivity contribution in [3.63, 3.8) is 0 Å². The van der Waals surface area contributed by atoms with E-state index >= 15 is 0 Å². The van der Waals surface area contributed by atoms with E-state index in [9.17, 15) is 33.6 Å². The summed E-state index contributed by atoms with van der Waals surface area (Å²) in [4.78, 5) is 94.5. The van der Waals surface area contributed by atoms with Gasteiger partial charge in [-0.15, -0.1) is 0 Å². The summed E-state index contributed by atoms with van der Waals surface area (Å²) in [5.74, 6) is -0.931. The predicted octanol–water partition coefficient (Wildman–Crippen LogP) is 0.984. The molecule has 0 spiro atoms. The number of carbonyl (C=O) groups excluding carboxylic acids is 7. The van der Waals surface area contributed by atoms with Crippen LogP contribution in [0.25, 0.3) is 0 Å². The SMILES string of the molecule is CC(=O)COCCOCCNC(=O)[C@H](CCCCNC(=O)OC(C)(C)C)CC(=O)CN1CCN(CC(C)=O)CCN(CC(C)=O)CCN(CC(C)=O)CC1. The number of amides is 2. The molecule has 54 heavy (non-hydrogen) atoms. The van der Waals surface area contributed by atoms with E-state index in [1.165, 1.54) is 6.92 Å². The van der Waals surface area contributed by atoms with Crippen molar-refractivity contribution >= 4 is 40.9 Å². The fourth-order valence-electron chi connectivity index (χ4n) is 5.92. The van der Waals surface area contributed by atoms with Gasteiger partial charge in [-0.3, -0.25) is 48.4 Å². The van der Waals surface area contributed by atoms with Crippen LogP contribution in [0, 0.1) is 5.92 Å². The van der Waals surface area contributed by atoms with E-state index in [0.29, 0.717) is 84.7 Å². The molecular weight excluding hydrogens is 700 g/mol. The van der Waals surface area contributed by atoms with Crippen LogP contribution in [0.1, 0.15) is 74.1 Å². The highest BCUT2D eigenvalue weighted by Crippen LogP contribution is 2.15. The number of hydrogen-bond acceptors (Lipinski definition) is 14. The number of carbonyl (C=O) groups is 7. The highest BCUT2D eigenvalue weighted by Gasteiger charge is 2.25. The Hall–Kier alpha value is -3.15. The molecule has 0 aromatic heterocycles. The molecule has 0 aromatic rings. The van der Waals surface area contributed by atoms with Gasteiger partial charge in [-0.1, -0.05) is 6.42 Å². The predicted molar refractivity (Wildman–Crippen MR) is 204 cm³/mol. The number of ketones is 5. The molecule has 2 amide bonds. The van der Waals surface area contributed by atoms with Gasteiger partial charge in [0.2, 0.25) is 5.91 Å². The first-order valence-corrected chi connectivity index (χ1v) is 19.2. The summed E-state index contributed by atoms with van der Waals surface area (Å²) in [7, 11) is 0. The molecule has 0 bridgehead atoms. The Balaban J connectivity index is 2.97. The third-order valence-electron chi connectivity index (χ3n) is 8.38. The second kappa shape index (κ2) is 27.4. The van der Waals surface area contributed by atoms with Gasteiger partial charge >= 0.3 is 6.09 Å². The van der Waals surface area contributed by atoms with Crippen LogP contribution in [0.2, 0.25) is 0 Å². The summed E-state index contributed by atoms with van der Waals surface area (Å²) in [5, 5.41) is 5.61. The smallest absolute Gasteiger partial charge is 0.407 e. The molecule has 0 aliphatic carbocycles. The largest absolute Gasteiger partial charge is 0.444 e. The van der Waals surface area contributed by atoms with E-state index in [4.69, 9.17) is 14.2 Å². The number of alkyl carbamates (subject to hydrolysis) is 1. The van der Waals surface area contributed by atoms with Gasteiger partial charge in [-0.05, 0) is 61.3 Å². The maximum absolute atomic E-state index is 13.7. The number of rotatable bonds is 24. The van der Waals surface area contributed by atoms with Gasteiger partial charge in [0.15, 0.2) is 5.78 Å². The molecule has 0 radical (unpaired) electrons. The van der Waals surface area contributed by atoms with Crippen LogP contribution < -0.4 is 10.6 Å². The summed E-state index contributed by atoms with van der Waals surface area (Å²) >= 11 is 0. The molecule has 1 atom stereocenters. The third-order valence-corrected chi connectivity index (χ3v) is 8.38. The van der Waals surface area contributed by atoms with E-state index < -0.39 is 17.6 Å². The number of unbranched alkanes of at least 4 members (excludes halogenated alkanes) is 1. The standard InChI is InChI=1S/C38H68N6O10/c1-30(45)25-41-13-15-42(26-31(2)46)17-19-44(20-18-43(16-14-41)27-32(3)47)28-35(49)24-34(10-8-9-11-40-37(51)54-38(5,6)7)36(50)39-12-21-52-22-23-53-29-33(4)48/h34H,8-29H2,1-7H3,(H,39,50)(H,40,51)/t34-/m1/s1. The quantitative estimate of drug-likeness (QED) is 0.133. The van der Waals surface area contributed by atoms with Crippen LogP contribution in [-0.4, -0.2) is 184 Å². The number of nitrogens with zero attached hydrogens (tertiary/aromatic N) is 4. The Morgan fingerprint density at radius 2 is 1.04 bits per heavy atom. The fourth-order valence-corrected chi connectivity index (χ4v) is 5.92. The van der Waals surface area contributed by atoms with Crippen molar-refractivity contribution in [1.29, 1.82) is 0 Å². The molecule has 1 saturated heterocycles. The molecule has 1 aliphatic heterocycles. The normalized spacial score (nSPS) is 16.4. The van der Waals surface area contributed by atoms with Gasteiger partial charge in [0, 0.05) is 77.8 Å². The lowest BCUT2D eigenvalue weighted by molar-refractivity contribution is -0.130. The lowest BCUT2D eigenvalue weighted by Gasteiger charge is -2.33. The zero-order chi connectivity index (χ0) is 40.5. The zero-order valence-corrected chi connectivity index (χ0v) is 34.0. The minimum atomic E-state index is -0.614. The Morgan fingerprint density at radius 3 is 1.48 bits per heavy atom. The van der Waals surface area contributed by atoms with Gasteiger partial charge in [0.1, 0.15) is 35.3 Å². The summed E-state index contributed by atoms with van der Waals surface area (Å²) in [6.45, 7) is 18.1. The molecule has 1 rings (SSSR count). The summed E-state index contributed by atoms with van der Waals surface area (Å²) in [5.41, 5.74) is -0.614. The summed E-state index contributed by atoms with van der Waals surface area (Å²) < 4.78 is 16.0. The van der Waals surface area contributed by atoms with Crippen LogP contribution >= 0.6 is 0 Å². The lowest BCUT2D eigenvalue weighted by atomic mass is 9.94. The van der Waals surface area contributed by atoms with Crippen LogP contribution in [0.3, 0.4) is 0 Å². The number of hydrogen-bond donors (Lipinski definition) is 2. The monoisotopic (exact) mass is 768 g/mol. The molecule has 1 heterocycles. The van der Waals surface area contributed by atoms with Crippen molar-refractivity contribution in [3.8, 4) is 0 Å². The molecule has 16 nitrogen and oxygen atoms in total. The van der Waals surface area contributed by atoms with Crippen LogP contribution in [0.4, 0.5) is 4.79 Å². The van der Waals surface area contributed by atoms with Crippen molar-refractivity contribution in [3.05, 3.63) is 0 Å². The first-order chi connectivity index (χ1) is 25.4. The highest BCUT2D eigenvalue weighted by atomic mass is 16.6. The van der Waals surface area contributed by atoms with E-state index in [1.54, 1.807) is 41.5 Å². The second-order valence-electron chi connectivity index (χ2n) is 15.2. The number of ether oxygens (including phenoxy) is 3. The topological polar surface area (TPSA) is 184 Å². The van der Waals surface area contributed by atoms with Crippen LogP contribution in [-0.2, 0) is 43.0 Å².